The summed E-state index contributed by atoms with van der Waals surface area (Å²) in [6.07, 6.45) is 0. The Morgan fingerprint density at radius 2 is 1.89 bits per heavy atom. The van der Waals surface area contributed by atoms with Gasteiger partial charge in [-0.15, -0.1) is 0 Å². The van der Waals surface area contributed by atoms with Crippen LogP contribution < -0.4 is 5.32 Å². The second-order valence-electron chi connectivity index (χ2n) is 12.1. The molecule has 8 nitrogen and oxygen atoms in total. The standard InChI is InChI=1S/C35H27Cl2FN4O4/c1-46-17-19-5-2-4-18(12-19)15-42-28-16-41-27-11-8-20(33(43)44)13-26(27)39-32(41)29(28)30(22-6-3-7-24(37)31(22)38)35(42)23-10-9-21(36)14-25(23)40-34(35)45/h2-14,28-30H,15-17H2,1H3,(H,40,45)(H,43,44)/t28-,29+,30-,35+/m1/s1. The molecule has 4 atom stereocenters. The van der Waals surface area contributed by atoms with Crippen LogP contribution in [0.3, 0.4) is 0 Å². The van der Waals surface area contributed by atoms with Gasteiger partial charge in [-0.25, -0.2) is 14.2 Å². The number of carboxylic acids is 1. The molecule has 232 valence electrons. The number of methoxy groups -OCH3 is 1. The van der Waals surface area contributed by atoms with Gasteiger partial charge in [0.1, 0.15) is 17.2 Å². The van der Waals surface area contributed by atoms with Crippen LogP contribution in [0.2, 0.25) is 10.0 Å². The van der Waals surface area contributed by atoms with E-state index in [2.05, 4.69) is 20.9 Å². The number of nitrogens with zero attached hydrogens (tertiary/aromatic N) is 3. The minimum Gasteiger partial charge on any atom is -0.478 e. The van der Waals surface area contributed by atoms with Gasteiger partial charge >= 0.3 is 5.97 Å². The van der Waals surface area contributed by atoms with E-state index in [1.165, 1.54) is 6.07 Å². The fraction of sp³-hybridized carbons (Fsp3) is 0.229. The van der Waals surface area contributed by atoms with Crippen molar-refractivity contribution in [1.82, 2.24) is 14.5 Å². The fourth-order valence-electron chi connectivity index (χ4n) is 8.05. The van der Waals surface area contributed by atoms with E-state index in [1.807, 2.05) is 24.3 Å². The Kier molecular flexibility index (Phi) is 6.74. The highest BCUT2D eigenvalue weighted by Gasteiger charge is 2.69. The Bertz CT molecular complexity index is 2100. The van der Waals surface area contributed by atoms with E-state index in [-0.39, 0.29) is 22.5 Å². The molecule has 1 spiro atoms. The van der Waals surface area contributed by atoms with E-state index in [4.69, 9.17) is 32.9 Å². The SMILES string of the molecule is COCc1cccc(CN2[C@@H]3Cn4c(nc5cc(C(=O)O)ccc54)[C@@H]3[C@@H](c3cccc(Cl)c3F)[C@@]23C(=O)Nc2cc(Cl)ccc23)c1. The number of halogens is 3. The second-order valence-corrected chi connectivity index (χ2v) is 12.9. The lowest BCUT2D eigenvalue weighted by Crippen LogP contribution is -2.52. The molecule has 0 aliphatic carbocycles. The van der Waals surface area contributed by atoms with Crippen molar-refractivity contribution in [2.24, 2.45) is 0 Å². The van der Waals surface area contributed by atoms with E-state index in [1.54, 1.807) is 49.6 Å². The molecule has 8 rings (SSSR count). The Labute approximate surface area is 273 Å². The monoisotopic (exact) mass is 656 g/mol. The minimum absolute atomic E-state index is 0.0396. The van der Waals surface area contributed by atoms with E-state index < -0.39 is 29.2 Å². The van der Waals surface area contributed by atoms with Gasteiger partial charge in [0.25, 0.3) is 0 Å². The molecule has 4 aromatic carbocycles. The third kappa shape index (κ3) is 4.09. The van der Waals surface area contributed by atoms with Crippen LogP contribution in [-0.4, -0.2) is 44.6 Å². The van der Waals surface area contributed by atoms with Crippen molar-refractivity contribution in [3.8, 4) is 0 Å². The summed E-state index contributed by atoms with van der Waals surface area (Å²) in [7, 11) is 1.64. The molecule has 1 fully saturated rings. The van der Waals surface area contributed by atoms with Crippen molar-refractivity contribution in [1.29, 1.82) is 0 Å². The van der Waals surface area contributed by atoms with Crippen LogP contribution in [0.25, 0.3) is 11.0 Å². The van der Waals surface area contributed by atoms with Gasteiger partial charge in [-0.2, -0.15) is 0 Å². The molecule has 1 saturated heterocycles. The van der Waals surface area contributed by atoms with Crippen LogP contribution in [0.5, 0.6) is 0 Å². The zero-order valence-electron chi connectivity index (χ0n) is 24.5. The van der Waals surface area contributed by atoms with Crippen LogP contribution in [0.1, 0.15) is 50.3 Å². The zero-order chi connectivity index (χ0) is 31.9. The van der Waals surface area contributed by atoms with E-state index in [0.717, 1.165) is 16.6 Å². The van der Waals surface area contributed by atoms with Crippen LogP contribution in [0.15, 0.2) is 78.9 Å². The van der Waals surface area contributed by atoms with E-state index >= 15 is 4.39 Å². The largest absolute Gasteiger partial charge is 0.478 e. The second kappa shape index (κ2) is 10.6. The molecule has 0 bridgehead atoms. The molecule has 3 aliphatic rings. The maximum absolute atomic E-state index is 16.3. The number of amides is 1. The van der Waals surface area contributed by atoms with Crippen molar-refractivity contribution in [2.75, 3.05) is 12.4 Å². The molecule has 1 amide bonds. The fourth-order valence-corrected chi connectivity index (χ4v) is 8.41. The molecule has 0 saturated carbocycles. The maximum atomic E-state index is 16.3. The van der Waals surface area contributed by atoms with Crippen LogP contribution in [0.4, 0.5) is 10.1 Å². The van der Waals surface area contributed by atoms with Gasteiger partial charge in [0.2, 0.25) is 5.91 Å². The van der Waals surface area contributed by atoms with Gasteiger partial charge < -0.3 is 19.7 Å². The van der Waals surface area contributed by atoms with Crippen molar-refractivity contribution in [3.63, 3.8) is 0 Å². The van der Waals surface area contributed by atoms with Crippen molar-refractivity contribution < 1.29 is 23.8 Å². The van der Waals surface area contributed by atoms with Crippen LogP contribution in [-0.2, 0) is 34.8 Å². The Hall–Kier alpha value is -4.28. The van der Waals surface area contributed by atoms with Gasteiger partial charge in [-0.1, -0.05) is 65.7 Å². The smallest absolute Gasteiger partial charge is 0.335 e. The summed E-state index contributed by atoms with van der Waals surface area (Å²) in [5, 5.41) is 13.1. The Morgan fingerprint density at radius 1 is 1.09 bits per heavy atom. The number of anilines is 1. The van der Waals surface area contributed by atoms with Gasteiger partial charge in [0.05, 0.1) is 28.2 Å². The van der Waals surface area contributed by atoms with Crippen LogP contribution >= 0.6 is 23.2 Å². The molecule has 0 unspecified atom stereocenters. The highest BCUT2D eigenvalue weighted by molar-refractivity contribution is 6.31. The van der Waals surface area contributed by atoms with Gasteiger partial charge in [0.15, 0.2) is 0 Å². The number of hydrogen-bond acceptors (Lipinski definition) is 5. The summed E-state index contributed by atoms with van der Waals surface area (Å²) in [5.74, 6) is -2.47. The van der Waals surface area contributed by atoms with Crippen molar-refractivity contribution >= 4 is 51.8 Å². The normalized spacial score (nSPS) is 23.1. The maximum Gasteiger partial charge on any atom is 0.335 e. The number of carbonyl (C=O) groups is 2. The number of likely N-dealkylation sites (tertiary alicyclic amines) is 1. The highest BCUT2D eigenvalue weighted by atomic mass is 35.5. The van der Waals surface area contributed by atoms with Crippen molar-refractivity contribution in [3.05, 3.63) is 128 Å². The molecule has 5 aromatic rings. The van der Waals surface area contributed by atoms with Gasteiger partial charge in [-0.3, -0.25) is 9.69 Å². The number of benzene rings is 4. The first-order valence-electron chi connectivity index (χ1n) is 14.8. The number of ether oxygens (including phenoxy) is 1. The first-order chi connectivity index (χ1) is 22.2. The number of aromatic carboxylic acids is 1. The molecular formula is C35H27Cl2FN4O4. The Balaban J connectivity index is 1.40. The van der Waals surface area contributed by atoms with Crippen LogP contribution in [0, 0.1) is 5.82 Å². The molecule has 11 heteroatoms. The predicted octanol–water partition coefficient (Wildman–Crippen LogP) is 6.94. The molecule has 0 radical (unpaired) electrons. The van der Waals surface area contributed by atoms with Gasteiger partial charge in [-0.05, 0) is 53.1 Å². The molecular weight excluding hydrogens is 630 g/mol. The zero-order valence-corrected chi connectivity index (χ0v) is 26.0. The lowest BCUT2D eigenvalue weighted by atomic mass is 9.71. The third-order valence-corrected chi connectivity index (χ3v) is 10.3. The lowest BCUT2D eigenvalue weighted by Gasteiger charge is -2.40. The van der Waals surface area contributed by atoms with E-state index in [9.17, 15) is 14.7 Å². The first kappa shape index (κ1) is 29.1. The number of aromatic nitrogens is 2. The molecule has 2 N–H and O–H groups in total. The number of nitrogens with one attached hydrogen (secondary N) is 1. The first-order valence-corrected chi connectivity index (χ1v) is 15.6. The summed E-state index contributed by atoms with van der Waals surface area (Å²) in [6, 6.07) is 22.8. The van der Waals surface area contributed by atoms with Crippen molar-refractivity contribution in [2.45, 2.75) is 43.1 Å². The topological polar surface area (TPSA) is 96.7 Å². The summed E-state index contributed by atoms with van der Waals surface area (Å²) in [5.41, 5.74) is 3.61. The Morgan fingerprint density at radius 3 is 2.70 bits per heavy atom. The molecule has 46 heavy (non-hydrogen) atoms. The number of imidazole rings is 1. The third-order valence-electron chi connectivity index (χ3n) is 9.73. The predicted molar refractivity (Wildman–Crippen MR) is 172 cm³/mol. The minimum atomic E-state index is -1.35. The average Bonchev–Trinajstić information content (AvgIpc) is 3.72. The lowest BCUT2D eigenvalue weighted by molar-refractivity contribution is -0.128. The number of rotatable bonds is 6. The number of hydrogen-bond donors (Lipinski definition) is 2. The molecule has 4 heterocycles. The summed E-state index contributed by atoms with van der Waals surface area (Å²) in [6.45, 7) is 1.26. The van der Waals surface area contributed by atoms with Gasteiger partial charge in [0, 0.05) is 54.4 Å². The summed E-state index contributed by atoms with van der Waals surface area (Å²) < 4.78 is 23.8. The number of carbonyl (C=O) groups excluding carboxylic acids is 1. The average molecular weight is 658 g/mol. The van der Waals surface area contributed by atoms with E-state index in [0.29, 0.717) is 52.9 Å². The summed E-state index contributed by atoms with van der Waals surface area (Å²) >= 11 is 12.8. The highest BCUT2D eigenvalue weighted by Crippen LogP contribution is 2.64. The quantitative estimate of drug-likeness (QED) is 0.206. The number of carboxylic acid groups (broad SMARTS) is 1. The number of fused-ring (bicyclic) bond motifs is 7. The molecule has 3 aliphatic heterocycles. The summed E-state index contributed by atoms with van der Waals surface area (Å²) in [4.78, 5) is 33.6. The molecule has 1 aromatic heterocycles.